The number of carbonyl (C=O) groups is 2. The highest BCUT2D eigenvalue weighted by Crippen LogP contribution is 2.33. The molecular weight excluding hydrogens is 328 g/mol. The molecule has 2 atom stereocenters. The number of nitrogens with zero attached hydrogens (tertiary/aromatic N) is 1. The fraction of sp³-hybridized carbons (Fsp3) is 0.647. The quantitative estimate of drug-likeness (QED) is 0.823. The summed E-state index contributed by atoms with van der Waals surface area (Å²) in [6.07, 6.45) is 0.756. The molecule has 1 aromatic heterocycles. The fourth-order valence-electron chi connectivity index (χ4n) is 2.98. The SMILES string of the molecule is COC(=O)c1c(NC(=O)CCN2C[C@H](C)O[C@@H](C)C2)sc(C)c1C. The summed E-state index contributed by atoms with van der Waals surface area (Å²) in [4.78, 5) is 27.5. The number of thiophene rings is 1. The number of hydrogen-bond donors (Lipinski definition) is 1. The molecule has 6 nitrogen and oxygen atoms in total. The molecule has 2 heterocycles. The van der Waals surface area contributed by atoms with Crippen molar-refractivity contribution in [2.24, 2.45) is 0 Å². The van der Waals surface area contributed by atoms with Gasteiger partial charge in [-0.2, -0.15) is 0 Å². The Kier molecular flexibility index (Phi) is 6.37. The maximum Gasteiger partial charge on any atom is 0.341 e. The van der Waals surface area contributed by atoms with Gasteiger partial charge in [-0.3, -0.25) is 9.69 Å². The number of rotatable bonds is 5. The van der Waals surface area contributed by atoms with E-state index in [0.29, 0.717) is 23.5 Å². The summed E-state index contributed by atoms with van der Waals surface area (Å²) in [5.41, 5.74) is 1.32. The van der Waals surface area contributed by atoms with Crippen molar-refractivity contribution in [3.8, 4) is 0 Å². The van der Waals surface area contributed by atoms with E-state index in [4.69, 9.17) is 9.47 Å². The van der Waals surface area contributed by atoms with Crippen molar-refractivity contribution in [1.82, 2.24) is 4.90 Å². The molecule has 0 radical (unpaired) electrons. The summed E-state index contributed by atoms with van der Waals surface area (Å²) in [6.45, 7) is 10.2. The molecule has 0 unspecified atom stereocenters. The molecule has 1 aliphatic heterocycles. The molecular formula is C17H26N2O4S. The van der Waals surface area contributed by atoms with Crippen molar-refractivity contribution in [3.05, 3.63) is 16.0 Å². The van der Waals surface area contributed by atoms with Gasteiger partial charge >= 0.3 is 5.97 Å². The molecule has 1 aliphatic rings. The molecule has 0 aromatic carbocycles. The normalized spacial score (nSPS) is 21.5. The molecule has 134 valence electrons. The standard InChI is InChI=1S/C17H26N2O4S/c1-10-8-19(9-11(2)23-10)7-6-14(20)18-16-15(17(21)22-5)12(3)13(4)24-16/h10-11H,6-9H2,1-5H3,(H,18,20)/t10-,11-/m0/s1. The first-order chi connectivity index (χ1) is 11.3. The zero-order valence-corrected chi connectivity index (χ0v) is 15.8. The molecule has 0 bridgehead atoms. The van der Waals surface area contributed by atoms with Crippen LogP contribution in [-0.2, 0) is 14.3 Å². The third-order valence-electron chi connectivity index (χ3n) is 4.18. The van der Waals surface area contributed by atoms with Crippen molar-refractivity contribution in [1.29, 1.82) is 0 Å². The zero-order valence-electron chi connectivity index (χ0n) is 15.0. The first kappa shape index (κ1) is 18.9. The van der Waals surface area contributed by atoms with Gasteiger partial charge in [-0.05, 0) is 33.3 Å². The fourth-order valence-corrected chi connectivity index (χ4v) is 4.04. The average Bonchev–Trinajstić information content (AvgIpc) is 2.78. The molecule has 0 spiro atoms. The van der Waals surface area contributed by atoms with Crippen LogP contribution in [0, 0.1) is 13.8 Å². The van der Waals surface area contributed by atoms with Gasteiger partial charge in [-0.25, -0.2) is 4.79 Å². The molecule has 2 rings (SSSR count). The van der Waals surface area contributed by atoms with Crippen molar-refractivity contribution < 1.29 is 19.1 Å². The Morgan fingerprint density at radius 1 is 1.29 bits per heavy atom. The first-order valence-corrected chi connectivity index (χ1v) is 8.99. The van der Waals surface area contributed by atoms with E-state index in [1.807, 2.05) is 27.7 Å². The molecule has 0 aliphatic carbocycles. The van der Waals surface area contributed by atoms with Crippen LogP contribution >= 0.6 is 11.3 Å². The van der Waals surface area contributed by atoms with E-state index in [0.717, 1.165) is 23.5 Å². The maximum atomic E-state index is 12.3. The first-order valence-electron chi connectivity index (χ1n) is 8.17. The Hall–Kier alpha value is -1.44. The van der Waals surface area contributed by atoms with Crippen molar-refractivity contribution in [2.45, 2.75) is 46.3 Å². The Labute approximate surface area is 147 Å². The smallest absolute Gasteiger partial charge is 0.341 e. The van der Waals surface area contributed by atoms with Crippen LogP contribution in [0.3, 0.4) is 0 Å². The maximum absolute atomic E-state index is 12.3. The molecule has 1 saturated heterocycles. The summed E-state index contributed by atoms with van der Waals surface area (Å²) in [5, 5.41) is 3.44. The second kappa shape index (κ2) is 8.09. The van der Waals surface area contributed by atoms with Gasteiger partial charge in [0, 0.05) is 30.9 Å². The number of nitrogens with one attached hydrogen (secondary N) is 1. The van der Waals surface area contributed by atoms with E-state index in [1.54, 1.807) is 0 Å². The van der Waals surface area contributed by atoms with E-state index in [-0.39, 0.29) is 18.1 Å². The van der Waals surface area contributed by atoms with Gasteiger partial charge in [-0.1, -0.05) is 0 Å². The minimum atomic E-state index is -0.414. The second-order valence-corrected chi connectivity index (χ2v) is 7.52. The highest BCUT2D eigenvalue weighted by molar-refractivity contribution is 7.16. The number of morpholine rings is 1. The summed E-state index contributed by atoms with van der Waals surface area (Å²) >= 11 is 1.41. The lowest BCUT2D eigenvalue weighted by atomic mass is 10.1. The van der Waals surface area contributed by atoms with E-state index >= 15 is 0 Å². The van der Waals surface area contributed by atoms with Crippen LogP contribution in [0.5, 0.6) is 0 Å². The summed E-state index contributed by atoms with van der Waals surface area (Å²) in [5.74, 6) is -0.504. The number of amides is 1. The predicted octanol–water partition coefficient (Wildman–Crippen LogP) is 2.59. The Bertz CT molecular complexity index is 604. The average molecular weight is 354 g/mol. The summed E-state index contributed by atoms with van der Waals surface area (Å²) < 4.78 is 10.5. The molecule has 0 saturated carbocycles. The highest BCUT2D eigenvalue weighted by atomic mass is 32.1. The molecule has 7 heteroatoms. The molecule has 24 heavy (non-hydrogen) atoms. The van der Waals surface area contributed by atoms with E-state index < -0.39 is 5.97 Å². The van der Waals surface area contributed by atoms with Gasteiger partial charge in [0.05, 0.1) is 24.9 Å². The molecule has 1 aromatic rings. The molecule has 1 N–H and O–H groups in total. The lowest BCUT2D eigenvalue weighted by Gasteiger charge is -2.35. The monoisotopic (exact) mass is 354 g/mol. The topological polar surface area (TPSA) is 67.9 Å². The number of methoxy groups -OCH3 is 1. The Morgan fingerprint density at radius 3 is 2.50 bits per heavy atom. The van der Waals surface area contributed by atoms with Crippen molar-refractivity contribution in [2.75, 3.05) is 32.1 Å². The number of aryl methyl sites for hydroxylation is 1. The van der Waals surface area contributed by atoms with Crippen molar-refractivity contribution in [3.63, 3.8) is 0 Å². The number of esters is 1. The minimum Gasteiger partial charge on any atom is -0.465 e. The number of ether oxygens (including phenoxy) is 2. The van der Waals surface area contributed by atoms with Crippen LogP contribution in [-0.4, -0.2) is 55.7 Å². The van der Waals surface area contributed by atoms with Gasteiger partial charge in [0.1, 0.15) is 5.00 Å². The van der Waals surface area contributed by atoms with Crippen LogP contribution in [0.25, 0.3) is 0 Å². The Morgan fingerprint density at radius 2 is 1.92 bits per heavy atom. The van der Waals surface area contributed by atoms with Gasteiger partial charge in [0.2, 0.25) is 5.91 Å². The summed E-state index contributed by atoms with van der Waals surface area (Å²) in [6, 6.07) is 0. The summed E-state index contributed by atoms with van der Waals surface area (Å²) in [7, 11) is 1.35. The Balaban J connectivity index is 1.95. The zero-order chi connectivity index (χ0) is 17.9. The highest BCUT2D eigenvalue weighted by Gasteiger charge is 2.24. The van der Waals surface area contributed by atoms with Crippen LogP contribution in [0.15, 0.2) is 0 Å². The lowest BCUT2D eigenvalue weighted by Crippen LogP contribution is -2.46. The van der Waals surface area contributed by atoms with E-state index in [9.17, 15) is 9.59 Å². The largest absolute Gasteiger partial charge is 0.465 e. The van der Waals surface area contributed by atoms with Gasteiger partial charge in [0.15, 0.2) is 0 Å². The number of anilines is 1. The van der Waals surface area contributed by atoms with Crippen LogP contribution in [0.2, 0.25) is 0 Å². The number of carbonyl (C=O) groups excluding carboxylic acids is 2. The van der Waals surface area contributed by atoms with Gasteiger partial charge in [-0.15, -0.1) is 11.3 Å². The van der Waals surface area contributed by atoms with Crippen molar-refractivity contribution >= 4 is 28.2 Å². The molecule has 1 amide bonds. The van der Waals surface area contributed by atoms with Gasteiger partial charge < -0.3 is 14.8 Å². The number of hydrogen-bond acceptors (Lipinski definition) is 6. The van der Waals surface area contributed by atoms with E-state index in [2.05, 4.69) is 10.2 Å². The minimum absolute atomic E-state index is 0.0896. The molecule has 1 fully saturated rings. The third-order valence-corrected chi connectivity index (χ3v) is 5.30. The predicted molar refractivity (Wildman–Crippen MR) is 94.8 cm³/mol. The lowest BCUT2D eigenvalue weighted by molar-refractivity contribution is -0.117. The van der Waals surface area contributed by atoms with Crippen LogP contribution in [0.4, 0.5) is 5.00 Å². The third kappa shape index (κ3) is 4.55. The van der Waals surface area contributed by atoms with Crippen LogP contribution in [0.1, 0.15) is 41.1 Å². The van der Waals surface area contributed by atoms with Crippen LogP contribution < -0.4 is 5.32 Å². The van der Waals surface area contributed by atoms with Gasteiger partial charge in [0.25, 0.3) is 0 Å². The second-order valence-electron chi connectivity index (χ2n) is 6.29. The van der Waals surface area contributed by atoms with E-state index in [1.165, 1.54) is 18.4 Å².